The Labute approximate surface area is 105 Å². The number of benzene rings is 1. The zero-order valence-electron chi connectivity index (χ0n) is 7.82. The highest BCUT2D eigenvalue weighted by atomic mass is 79.9. The van der Waals surface area contributed by atoms with E-state index in [2.05, 4.69) is 31.9 Å². The van der Waals surface area contributed by atoms with E-state index in [-0.39, 0.29) is 9.64 Å². The lowest BCUT2D eigenvalue weighted by Crippen LogP contribution is -2.39. The number of rotatable bonds is 1. The minimum Gasteiger partial charge on any atom is -0.356 e. The van der Waals surface area contributed by atoms with Gasteiger partial charge in [-0.3, -0.25) is 9.69 Å². The maximum atomic E-state index is 11.8. The molecule has 1 aromatic carbocycles. The summed E-state index contributed by atoms with van der Waals surface area (Å²) in [6.45, 7) is 0.874. The lowest BCUT2D eigenvalue weighted by molar-refractivity contribution is -0.118. The van der Waals surface area contributed by atoms with Crippen molar-refractivity contribution in [2.75, 3.05) is 11.6 Å². The Kier molecular flexibility index (Phi) is 3.43. The molecule has 1 aliphatic rings. The summed E-state index contributed by atoms with van der Waals surface area (Å²) in [5, 5.41) is 0. The van der Waals surface area contributed by atoms with Crippen molar-refractivity contribution >= 4 is 43.5 Å². The molecule has 1 aliphatic heterocycles. The number of para-hydroxylation sites is 1. The standard InChI is InChI=1S/C10H9Br2NO2/c11-9(12)10(14)13-6-15-5-7-3-1-2-4-8(7)13/h1-4,9H,5-6H2. The van der Waals surface area contributed by atoms with Crippen LogP contribution in [0.1, 0.15) is 5.56 Å². The number of halogens is 2. The monoisotopic (exact) mass is 333 g/mol. The van der Waals surface area contributed by atoms with Crippen LogP contribution in [0.5, 0.6) is 0 Å². The number of nitrogens with zero attached hydrogens (tertiary/aromatic N) is 1. The third kappa shape index (κ3) is 2.24. The molecule has 0 bridgehead atoms. The van der Waals surface area contributed by atoms with E-state index in [1.807, 2.05) is 24.3 Å². The van der Waals surface area contributed by atoms with E-state index in [1.54, 1.807) is 4.90 Å². The van der Waals surface area contributed by atoms with Gasteiger partial charge in [-0.15, -0.1) is 0 Å². The predicted molar refractivity (Wildman–Crippen MR) is 65.2 cm³/mol. The van der Waals surface area contributed by atoms with Crippen molar-refractivity contribution in [3.8, 4) is 0 Å². The number of alkyl halides is 2. The van der Waals surface area contributed by atoms with Crippen LogP contribution in [-0.2, 0) is 16.1 Å². The number of hydrogen-bond acceptors (Lipinski definition) is 2. The molecule has 0 fully saturated rings. The van der Waals surface area contributed by atoms with E-state index < -0.39 is 0 Å². The van der Waals surface area contributed by atoms with E-state index >= 15 is 0 Å². The Morgan fingerprint density at radius 2 is 2.13 bits per heavy atom. The van der Waals surface area contributed by atoms with Crippen LogP contribution < -0.4 is 4.90 Å². The maximum absolute atomic E-state index is 11.8. The Balaban J connectivity index is 2.34. The number of carbonyl (C=O) groups is 1. The normalized spacial score (nSPS) is 15.3. The summed E-state index contributed by atoms with van der Waals surface area (Å²) in [7, 11) is 0. The zero-order chi connectivity index (χ0) is 10.8. The van der Waals surface area contributed by atoms with Gasteiger partial charge in [0.15, 0.2) is 0 Å². The highest BCUT2D eigenvalue weighted by Crippen LogP contribution is 2.27. The predicted octanol–water partition coefficient (Wildman–Crippen LogP) is 2.62. The van der Waals surface area contributed by atoms with Gasteiger partial charge in [-0.1, -0.05) is 50.1 Å². The van der Waals surface area contributed by atoms with Crippen LogP contribution in [0, 0.1) is 0 Å². The fourth-order valence-electron chi connectivity index (χ4n) is 1.51. The van der Waals surface area contributed by atoms with Crippen LogP contribution >= 0.6 is 31.9 Å². The SMILES string of the molecule is O=C(C(Br)Br)N1COCc2ccccc21. The molecule has 0 saturated heterocycles. The van der Waals surface area contributed by atoms with Crippen molar-refractivity contribution in [2.45, 2.75) is 10.3 Å². The molecule has 1 heterocycles. The fourth-order valence-corrected chi connectivity index (χ4v) is 2.01. The highest BCUT2D eigenvalue weighted by Gasteiger charge is 2.25. The van der Waals surface area contributed by atoms with Gasteiger partial charge < -0.3 is 4.74 Å². The molecule has 15 heavy (non-hydrogen) atoms. The minimum absolute atomic E-state index is 0.0536. The summed E-state index contributed by atoms with van der Waals surface area (Å²) >= 11 is 6.39. The van der Waals surface area contributed by atoms with Crippen LogP contribution in [0.25, 0.3) is 0 Å². The second-order valence-electron chi connectivity index (χ2n) is 3.17. The van der Waals surface area contributed by atoms with Crippen molar-refractivity contribution in [3.05, 3.63) is 29.8 Å². The lowest BCUT2D eigenvalue weighted by atomic mass is 10.1. The topological polar surface area (TPSA) is 29.5 Å². The van der Waals surface area contributed by atoms with Crippen molar-refractivity contribution in [2.24, 2.45) is 0 Å². The summed E-state index contributed by atoms with van der Waals surface area (Å²) < 4.78 is 4.97. The van der Waals surface area contributed by atoms with Gasteiger partial charge in [0.1, 0.15) is 10.5 Å². The van der Waals surface area contributed by atoms with Crippen LogP contribution in [0.2, 0.25) is 0 Å². The third-order valence-electron chi connectivity index (χ3n) is 2.21. The molecule has 0 radical (unpaired) electrons. The summed E-state index contributed by atoms with van der Waals surface area (Å²) in [5.74, 6) is -0.0536. The fraction of sp³-hybridized carbons (Fsp3) is 0.300. The average Bonchev–Trinajstić information content (AvgIpc) is 2.27. The Bertz CT molecular complexity index is 381. The van der Waals surface area contributed by atoms with Crippen molar-refractivity contribution in [1.82, 2.24) is 0 Å². The third-order valence-corrected chi connectivity index (χ3v) is 3.00. The second-order valence-corrected chi connectivity index (χ2v) is 6.23. The lowest BCUT2D eigenvalue weighted by Gasteiger charge is -2.29. The molecule has 0 N–H and O–H groups in total. The van der Waals surface area contributed by atoms with E-state index in [0.29, 0.717) is 13.3 Å². The molecule has 0 unspecified atom stereocenters. The first kappa shape index (κ1) is 11.1. The van der Waals surface area contributed by atoms with E-state index in [4.69, 9.17) is 4.74 Å². The van der Waals surface area contributed by atoms with Crippen LogP contribution in [0.15, 0.2) is 24.3 Å². The molecule has 1 aromatic rings. The molecular weight excluding hydrogens is 326 g/mol. The van der Waals surface area contributed by atoms with Gasteiger partial charge in [0.05, 0.1) is 12.3 Å². The van der Waals surface area contributed by atoms with Crippen LogP contribution in [0.3, 0.4) is 0 Å². The zero-order valence-corrected chi connectivity index (χ0v) is 11.0. The molecule has 2 rings (SSSR count). The molecule has 0 saturated carbocycles. The average molecular weight is 335 g/mol. The molecule has 0 aliphatic carbocycles. The van der Waals surface area contributed by atoms with Gasteiger partial charge in [0.25, 0.3) is 5.91 Å². The van der Waals surface area contributed by atoms with Crippen LogP contribution in [0.4, 0.5) is 5.69 Å². The first-order valence-corrected chi connectivity index (χ1v) is 6.28. The molecule has 80 valence electrons. The molecule has 0 spiro atoms. The van der Waals surface area contributed by atoms with Gasteiger partial charge >= 0.3 is 0 Å². The van der Waals surface area contributed by atoms with Crippen molar-refractivity contribution in [3.63, 3.8) is 0 Å². The maximum Gasteiger partial charge on any atom is 0.253 e. The first-order valence-electron chi connectivity index (χ1n) is 4.45. The Morgan fingerprint density at radius 3 is 2.87 bits per heavy atom. The van der Waals surface area contributed by atoms with Gasteiger partial charge in [-0.25, -0.2) is 0 Å². The van der Waals surface area contributed by atoms with Gasteiger partial charge in [-0.2, -0.15) is 0 Å². The minimum atomic E-state index is -0.375. The highest BCUT2D eigenvalue weighted by molar-refractivity contribution is 9.25. The molecular formula is C10H9Br2NO2. The van der Waals surface area contributed by atoms with Crippen molar-refractivity contribution < 1.29 is 9.53 Å². The number of anilines is 1. The summed E-state index contributed by atoms with van der Waals surface area (Å²) in [5.41, 5.74) is 1.97. The van der Waals surface area contributed by atoms with Crippen molar-refractivity contribution in [1.29, 1.82) is 0 Å². The number of amides is 1. The molecule has 3 nitrogen and oxygen atoms in total. The molecule has 0 atom stereocenters. The number of hydrogen-bond donors (Lipinski definition) is 0. The molecule has 5 heteroatoms. The second kappa shape index (κ2) is 4.63. The first-order chi connectivity index (χ1) is 7.20. The summed E-state index contributed by atoms with van der Waals surface area (Å²) in [6.07, 6.45) is 0. The van der Waals surface area contributed by atoms with Crippen LogP contribution in [-0.4, -0.2) is 16.4 Å². The molecule has 0 aromatic heterocycles. The van der Waals surface area contributed by atoms with E-state index in [1.165, 1.54) is 0 Å². The van der Waals surface area contributed by atoms with Gasteiger partial charge in [-0.05, 0) is 6.07 Å². The largest absolute Gasteiger partial charge is 0.356 e. The Morgan fingerprint density at radius 1 is 1.40 bits per heavy atom. The van der Waals surface area contributed by atoms with E-state index in [9.17, 15) is 4.79 Å². The number of carbonyl (C=O) groups excluding carboxylic acids is 1. The number of fused-ring (bicyclic) bond motifs is 1. The summed E-state index contributed by atoms with van der Waals surface area (Å²) in [6, 6.07) is 7.75. The Hall–Kier alpha value is -0.390. The smallest absolute Gasteiger partial charge is 0.253 e. The molecule has 1 amide bonds. The quantitative estimate of drug-likeness (QED) is 0.739. The van der Waals surface area contributed by atoms with Gasteiger partial charge in [0, 0.05) is 5.56 Å². The van der Waals surface area contributed by atoms with Gasteiger partial charge in [0.2, 0.25) is 0 Å². The van der Waals surface area contributed by atoms with E-state index in [0.717, 1.165) is 11.3 Å². The summed E-state index contributed by atoms with van der Waals surface area (Å²) in [4.78, 5) is 13.4. The number of ether oxygens (including phenoxy) is 1.